The van der Waals surface area contributed by atoms with Crippen molar-refractivity contribution < 1.29 is 0 Å². The lowest BCUT2D eigenvalue weighted by atomic mass is 9.89. The summed E-state index contributed by atoms with van der Waals surface area (Å²) in [7, 11) is 0. The maximum atomic E-state index is 5.80. The first-order valence-corrected chi connectivity index (χ1v) is 3.67. The normalized spacial score (nSPS) is 28.9. The molecule has 0 radical (unpaired) electrons. The van der Waals surface area contributed by atoms with Crippen molar-refractivity contribution in [1.29, 1.82) is 0 Å². The summed E-state index contributed by atoms with van der Waals surface area (Å²) in [4.78, 5) is 0. The Morgan fingerprint density at radius 1 is 1.56 bits per heavy atom. The van der Waals surface area contributed by atoms with Gasteiger partial charge in [-0.2, -0.15) is 0 Å². The number of rotatable bonds is 0. The molecule has 1 atom stereocenters. The highest BCUT2D eigenvalue weighted by Crippen LogP contribution is 2.25. The van der Waals surface area contributed by atoms with E-state index in [1.807, 2.05) is 0 Å². The van der Waals surface area contributed by atoms with Gasteiger partial charge in [0, 0.05) is 5.70 Å². The number of hydrogen-bond acceptors (Lipinski definition) is 1. The minimum Gasteiger partial charge on any atom is -0.402 e. The molecule has 0 aliphatic heterocycles. The summed E-state index contributed by atoms with van der Waals surface area (Å²) in [5.41, 5.74) is 8.35. The first-order chi connectivity index (χ1) is 4.22. The summed E-state index contributed by atoms with van der Waals surface area (Å²) in [6.07, 6.45) is 3.83. The molecule has 1 heteroatoms. The monoisotopic (exact) mass is 125 g/mol. The van der Waals surface area contributed by atoms with Gasteiger partial charge in [-0.25, -0.2) is 0 Å². The van der Waals surface area contributed by atoms with Gasteiger partial charge in [-0.3, -0.25) is 0 Å². The zero-order valence-corrected chi connectivity index (χ0v) is 6.28. The molecular formula is C8H15N. The molecule has 0 heterocycles. The van der Waals surface area contributed by atoms with Crippen LogP contribution in [0, 0.1) is 5.92 Å². The molecule has 0 amide bonds. The van der Waals surface area contributed by atoms with Gasteiger partial charge in [-0.05, 0) is 32.1 Å². The third-order valence-corrected chi connectivity index (χ3v) is 2.21. The maximum absolute atomic E-state index is 5.80. The van der Waals surface area contributed by atoms with E-state index in [0.29, 0.717) is 5.92 Å². The van der Waals surface area contributed by atoms with Crippen LogP contribution in [0.1, 0.15) is 33.1 Å². The van der Waals surface area contributed by atoms with Crippen LogP contribution in [-0.4, -0.2) is 0 Å². The molecule has 0 saturated carbocycles. The standard InChI is InChI=1S/C8H15N/c1-6-4-3-5-7(2)8(6)9/h6H,3-5,9H2,1-2H3/t6-/m1/s1. The minimum absolute atomic E-state index is 0.638. The second-order valence-electron chi connectivity index (χ2n) is 3.03. The van der Waals surface area contributed by atoms with Crippen LogP contribution in [0.2, 0.25) is 0 Å². The Balaban J connectivity index is 2.72. The molecule has 0 aromatic carbocycles. The van der Waals surface area contributed by atoms with E-state index in [1.165, 1.54) is 24.8 Å². The van der Waals surface area contributed by atoms with Gasteiger partial charge in [0.2, 0.25) is 0 Å². The van der Waals surface area contributed by atoms with Crippen molar-refractivity contribution in [2.24, 2.45) is 11.7 Å². The molecule has 0 aromatic rings. The lowest BCUT2D eigenvalue weighted by Gasteiger charge is -2.20. The summed E-state index contributed by atoms with van der Waals surface area (Å²) >= 11 is 0. The zero-order valence-electron chi connectivity index (χ0n) is 6.28. The molecular weight excluding hydrogens is 110 g/mol. The molecule has 0 unspecified atom stereocenters. The molecule has 0 spiro atoms. The zero-order chi connectivity index (χ0) is 6.85. The van der Waals surface area contributed by atoms with Crippen LogP contribution in [0.5, 0.6) is 0 Å². The van der Waals surface area contributed by atoms with E-state index in [0.717, 1.165) is 5.70 Å². The van der Waals surface area contributed by atoms with Gasteiger partial charge < -0.3 is 5.73 Å². The molecule has 0 fully saturated rings. The van der Waals surface area contributed by atoms with Crippen molar-refractivity contribution in [2.75, 3.05) is 0 Å². The van der Waals surface area contributed by atoms with E-state index in [4.69, 9.17) is 5.73 Å². The van der Waals surface area contributed by atoms with E-state index < -0.39 is 0 Å². The Morgan fingerprint density at radius 3 is 2.67 bits per heavy atom. The van der Waals surface area contributed by atoms with Crippen LogP contribution in [0.4, 0.5) is 0 Å². The van der Waals surface area contributed by atoms with Crippen molar-refractivity contribution in [1.82, 2.24) is 0 Å². The van der Waals surface area contributed by atoms with Gasteiger partial charge in [-0.1, -0.05) is 12.5 Å². The quantitative estimate of drug-likeness (QED) is 0.526. The molecule has 1 aliphatic carbocycles. The van der Waals surface area contributed by atoms with Gasteiger partial charge in [0.05, 0.1) is 0 Å². The molecule has 1 aliphatic rings. The summed E-state index contributed by atoms with van der Waals surface area (Å²) in [6, 6.07) is 0. The lowest BCUT2D eigenvalue weighted by Crippen LogP contribution is -2.14. The third kappa shape index (κ3) is 1.26. The number of nitrogens with two attached hydrogens (primary N) is 1. The fourth-order valence-corrected chi connectivity index (χ4v) is 1.39. The van der Waals surface area contributed by atoms with Crippen molar-refractivity contribution in [3.05, 3.63) is 11.3 Å². The fourth-order valence-electron chi connectivity index (χ4n) is 1.39. The Kier molecular flexibility index (Phi) is 1.79. The van der Waals surface area contributed by atoms with Gasteiger partial charge in [0.15, 0.2) is 0 Å². The van der Waals surface area contributed by atoms with Gasteiger partial charge in [0.25, 0.3) is 0 Å². The van der Waals surface area contributed by atoms with Crippen molar-refractivity contribution in [3.63, 3.8) is 0 Å². The summed E-state index contributed by atoms with van der Waals surface area (Å²) < 4.78 is 0. The number of allylic oxidation sites excluding steroid dienone is 2. The Bertz CT molecular complexity index is 136. The maximum Gasteiger partial charge on any atom is 0.00983 e. The van der Waals surface area contributed by atoms with E-state index in [-0.39, 0.29) is 0 Å². The van der Waals surface area contributed by atoms with Crippen LogP contribution >= 0.6 is 0 Å². The predicted octanol–water partition coefficient (Wildman–Crippen LogP) is 2.04. The van der Waals surface area contributed by atoms with E-state index in [1.54, 1.807) is 0 Å². The Morgan fingerprint density at radius 2 is 2.22 bits per heavy atom. The Labute approximate surface area is 56.9 Å². The van der Waals surface area contributed by atoms with Crippen LogP contribution in [0.15, 0.2) is 11.3 Å². The van der Waals surface area contributed by atoms with Gasteiger partial charge in [0.1, 0.15) is 0 Å². The average molecular weight is 125 g/mol. The van der Waals surface area contributed by atoms with Crippen molar-refractivity contribution >= 4 is 0 Å². The highest BCUT2D eigenvalue weighted by molar-refractivity contribution is 5.13. The van der Waals surface area contributed by atoms with E-state index >= 15 is 0 Å². The van der Waals surface area contributed by atoms with Crippen molar-refractivity contribution in [2.45, 2.75) is 33.1 Å². The molecule has 0 aromatic heterocycles. The highest BCUT2D eigenvalue weighted by Gasteiger charge is 2.12. The largest absolute Gasteiger partial charge is 0.402 e. The van der Waals surface area contributed by atoms with Gasteiger partial charge >= 0.3 is 0 Å². The first kappa shape index (κ1) is 6.66. The molecule has 2 N–H and O–H groups in total. The molecule has 9 heavy (non-hydrogen) atoms. The third-order valence-electron chi connectivity index (χ3n) is 2.21. The van der Waals surface area contributed by atoms with Crippen LogP contribution in [0.3, 0.4) is 0 Å². The van der Waals surface area contributed by atoms with Crippen LogP contribution < -0.4 is 5.73 Å². The Hall–Kier alpha value is -0.460. The van der Waals surface area contributed by atoms with Crippen LogP contribution in [-0.2, 0) is 0 Å². The van der Waals surface area contributed by atoms with Gasteiger partial charge in [-0.15, -0.1) is 0 Å². The second kappa shape index (κ2) is 2.42. The van der Waals surface area contributed by atoms with Crippen molar-refractivity contribution in [3.8, 4) is 0 Å². The molecule has 1 rings (SSSR count). The highest BCUT2D eigenvalue weighted by atomic mass is 14.6. The average Bonchev–Trinajstić information content (AvgIpc) is 1.83. The first-order valence-electron chi connectivity index (χ1n) is 3.67. The molecule has 0 bridgehead atoms. The second-order valence-corrected chi connectivity index (χ2v) is 3.03. The number of hydrogen-bond donors (Lipinski definition) is 1. The van der Waals surface area contributed by atoms with Crippen LogP contribution in [0.25, 0.3) is 0 Å². The SMILES string of the molecule is CC1=C(N)[C@H](C)CCC1. The van der Waals surface area contributed by atoms with E-state index in [9.17, 15) is 0 Å². The minimum atomic E-state index is 0.638. The molecule has 0 saturated heterocycles. The fraction of sp³-hybridized carbons (Fsp3) is 0.750. The molecule has 1 nitrogen and oxygen atoms in total. The van der Waals surface area contributed by atoms with E-state index in [2.05, 4.69) is 13.8 Å². The predicted molar refractivity (Wildman–Crippen MR) is 39.9 cm³/mol. The summed E-state index contributed by atoms with van der Waals surface area (Å²) in [5, 5.41) is 0. The topological polar surface area (TPSA) is 26.0 Å². The lowest BCUT2D eigenvalue weighted by molar-refractivity contribution is 0.530. The molecule has 52 valence electrons. The summed E-state index contributed by atoms with van der Waals surface area (Å²) in [6.45, 7) is 4.35. The smallest absolute Gasteiger partial charge is 0.00983 e. The summed E-state index contributed by atoms with van der Waals surface area (Å²) in [5.74, 6) is 0.638.